The van der Waals surface area contributed by atoms with E-state index in [1.165, 1.54) is 13.3 Å². The topological polar surface area (TPSA) is 22.1 Å². The summed E-state index contributed by atoms with van der Waals surface area (Å²) in [7, 11) is 1.41. The molecule has 0 aliphatic rings. The molecule has 0 amide bonds. The highest BCUT2D eigenvalue weighted by molar-refractivity contribution is 14.1. The number of alkyl halides is 2. The van der Waals surface area contributed by atoms with E-state index in [1.54, 1.807) is 22.6 Å². The van der Waals surface area contributed by atoms with Crippen molar-refractivity contribution in [1.82, 2.24) is 4.98 Å². The largest absolute Gasteiger partial charge is 0.494 e. The Kier molecular flexibility index (Phi) is 3.84. The van der Waals surface area contributed by atoms with E-state index in [0.29, 0.717) is 5.75 Å². The number of hydrogen-bond donors (Lipinski definition) is 0. The van der Waals surface area contributed by atoms with Crippen LogP contribution in [0.15, 0.2) is 10.7 Å². The van der Waals surface area contributed by atoms with Gasteiger partial charge in [-0.15, -0.1) is 0 Å². The Morgan fingerprint density at radius 1 is 1.62 bits per heavy atom. The number of methoxy groups -OCH3 is 1. The van der Waals surface area contributed by atoms with Crippen LogP contribution in [0.2, 0.25) is 0 Å². The number of aromatic nitrogens is 1. The Bertz CT molecular complexity index is 322. The van der Waals surface area contributed by atoms with E-state index in [2.05, 4.69) is 20.9 Å². The quantitative estimate of drug-likeness (QED) is 0.593. The van der Waals surface area contributed by atoms with Crippen molar-refractivity contribution in [3.8, 4) is 5.75 Å². The fraction of sp³-hybridized carbons (Fsp3) is 0.286. The first-order valence-corrected chi connectivity index (χ1v) is 5.11. The molecule has 0 spiro atoms. The van der Waals surface area contributed by atoms with E-state index in [4.69, 9.17) is 4.74 Å². The van der Waals surface area contributed by atoms with Crippen LogP contribution < -0.4 is 4.74 Å². The summed E-state index contributed by atoms with van der Waals surface area (Å²) in [6, 6.07) is 0. The van der Waals surface area contributed by atoms with Gasteiger partial charge in [-0.1, -0.05) is 0 Å². The van der Waals surface area contributed by atoms with Gasteiger partial charge in [0.2, 0.25) is 0 Å². The minimum absolute atomic E-state index is 0.125. The van der Waals surface area contributed by atoms with Gasteiger partial charge in [-0.25, -0.2) is 13.8 Å². The van der Waals surface area contributed by atoms with Crippen LogP contribution >= 0.6 is 38.5 Å². The van der Waals surface area contributed by atoms with Crippen LogP contribution in [0.1, 0.15) is 12.0 Å². The molecule has 1 aromatic rings. The van der Waals surface area contributed by atoms with E-state index in [9.17, 15) is 8.78 Å². The number of pyridine rings is 1. The molecule has 2 nitrogen and oxygen atoms in total. The number of rotatable bonds is 2. The van der Waals surface area contributed by atoms with Gasteiger partial charge >= 0.3 is 0 Å². The summed E-state index contributed by atoms with van der Waals surface area (Å²) in [4.78, 5) is 3.78. The van der Waals surface area contributed by atoms with E-state index >= 15 is 0 Å². The zero-order valence-corrected chi connectivity index (χ0v) is 10.3. The van der Waals surface area contributed by atoms with Crippen LogP contribution in [0.25, 0.3) is 0 Å². The molecule has 1 heterocycles. The monoisotopic (exact) mass is 363 g/mol. The number of nitrogens with zero attached hydrogens (tertiary/aromatic N) is 1. The summed E-state index contributed by atoms with van der Waals surface area (Å²) in [6.07, 6.45) is -1.15. The van der Waals surface area contributed by atoms with Crippen molar-refractivity contribution in [1.29, 1.82) is 0 Å². The maximum atomic E-state index is 12.5. The highest BCUT2D eigenvalue weighted by atomic mass is 127. The molecule has 72 valence electrons. The van der Waals surface area contributed by atoms with Gasteiger partial charge in [0.25, 0.3) is 6.43 Å². The van der Waals surface area contributed by atoms with Crippen LogP contribution in [0.3, 0.4) is 0 Å². The van der Waals surface area contributed by atoms with Gasteiger partial charge in [-0.2, -0.15) is 0 Å². The van der Waals surface area contributed by atoms with Crippen molar-refractivity contribution in [2.45, 2.75) is 6.43 Å². The normalized spacial score (nSPS) is 10.6. The van der Waals surface area contributed by atoms with E-state index < -0.39 is 6.43 Å². The van der Waals surface area contributed by atoms with Gasteiger partial charge in [-0.05, 0) is 38.5 Å². The lowest BCUT2D eigenvalue weighted by Crippen LogP contribution is -1.97. The lowest BCUT2D eigenvalue weighted by Gasteiger charge is -2.08. The molecule has 0 atom stereocenters. The molecule has 0 N–H and O–H groups in total. The third kappa shape index (κ3) is 2.28. The second-order valence-corrected chi connectivity index (χ2v) is 3.96. The Labute approximate surface area is 96.0 Å². The zero-order valence-electron chi connectivity index (χ0n) is 6.52. The third-order valence-corrected chi connectivity index (χ3v) is 3.09. The second kappa shape index (κ2) is 4.50. The molecule has 0 radical (unpaired) electrons. The van der Waals surface area contributed by atoms with Crippen molar-refractivity contribution in [2.24, 2.45) is 0 Å². The average molecular weight is 364 g/mol. The van der Waals surface area contributed by atoms with Crippen LogP contribution in [0.5, 0.6) is 5.75 Å². The van der Waals surface area contributed by atoms with Crippen molar-refractivity contribution in [2.75, 3.05) is 7.11 Å². The molecular formula is C7H5BrF2INO. The van der Waals surface area contributed by atoms with Gasteiger partial charge in [0.05, 0.1) is 23.3 Å². The minimum atomic E-state index is -2.55. The molecular weight excluding hydrogens is 359 g/mol. The number of hydrogen-bond acceptors (Lipinski definition) is 2. The van der Waals surface area contributed by atoms with E-state index in [1.807, 2.05) is 0 Å². The summed E-state index contributed by atoms with van der Waals surface area (Å²) < 4.78 is 30.3. The summed E-state index contributed by atoms with van der Waals surface area (Å²) in [6.45, 7) is 0. The standard InChI is InChI=1S/C7H5BrF2INO/c1-13-3-2-12-7(11)4(5(3)8)6(9)10/h2,6H,1H3. The SMILES string of the molecule is COc1cnc(I)c(C(F)F)c1Br. The van der Waals surface area contributed by atoms with Crippen LogP contribution in [-0.4, -0.2) is 12.1 Å². The van der Waals surface area contributed by atoms with Crippen LogP contribution in [-0.2, 0) is 0 Å². The lowest BCUT2D eigenvalue weighted by molar-refractivity contribution is 0.148. The van der Waals surface area contributed by atoms with Gasteiger partial charge < -0.3 is 4.74 Å². The van der Waals surface area contributed by atoms with E-state index in [0.717, 1.165) is 0 Å². The van der Waals surface area contributed by atoms with Crippen LogP contribution in [0, 0.1) is 3.70 Å². The predicted octanol–water partition coefficient (Wildman–Crippen LogP) is 3.39. The third-order valence-electron chi connectivity index (χ3n) is 1.41. The Morgan fingerprint density at radius 3 is 2.69 bits per heavy atom. The maximum Gasteiger partial charge on any atom is 0.267 e. The van der Waals surface area contributed by atoms with Gasteiger partial charge in [0, 0.05) is 0 Å². The fourth-order valence-electron chi connectivity index (χ4n) is 0.793. The van der Waals surface area contributed by atoms with Crippen molar-refractivity contribution in [3.63, 3.8) is 0 Å². The van der Waals surface area contributed by atoms with Crippen LogP contribution in [0.4, 0.5) is 8.78 Å². The lowest BCUT2D eigenvalue weighted by atomic mass is 10.3. The molecule has 0 unspecified atom stereocenters. The molecule has 1 rings (SSSR count). The molecule has 0 saturated heterocycles. The van der Waals surface area contributed by atoms with Gasteiger partial charge in [0.1, 0.15) is 3.70 Å². The van der Waals surface area contributed by atoms with Gasteiger partial charge in [0.15, 0.2) is 5.75 Å². The van der Waals surface area contributed by atoms with Gasteiger partial charge in [-0.3, -0.25) is 0 Å². The maximum absolute atomic E-state index is 12.5. The summed E-state index contributed by atoms with van der Waals surface area (Å²) in [5.41, 5.74) is -0.125. The number of halogens is 4. The number of ether oxygens (including phenoxy) is 1. The first-order chi connectivity index (χ1) is 6.07. The molecule has 0 aromatic carbocycles. The van der Waals surface area contributed by atoms with Crippen molar-refractivity contribution < 1.29 is 13.5 Å². The molecule has 13 heavy (non-hydrogen) atoms. The van der Waals surface area contributed by atoms with E-state index in [-0.39, 0.29) is 13.7 Å². The molecule has 0 aliphatic carbocycles. The fourth-order valence-corrected chi connectivity index (χ4v) is 2.43. The first-order valence-electron chi connectivity index (χ1n) is 3.24. The Hall–Kier alpha value is 0.0200. The first kappa shape index (κ1) is 11.1. The average Bonchev–Trinajstić information content (AvgIpc) is 2.04. The molecule has 1 aromatic heterocycles. The molecule has 0 bridgehead atoms. The molecule has 0 aliphatic heterocycles. The molecule has 0 fully saturated rings. The minimum Gasteiger partial charge on any atom is -0.494 e. The highest BCUT2D eigenvalue weighted by Gasteiger charge is 2.19. The summed E-state index contributed by atoms with van der Waals surface area (Å²) >= 11 is 4.80. The predicted molar refractivity (Wildman–Crippen MR) is 56.2 cm³/mol. The van der Waals surface area contributed by atoms with Crippen molar-refractivity contribution >= 4 is 38.5 Å². The smallest absolute Gasteiger partial charge is 0.267 e. The summed E-state index contributed by atoms with van der Waals surface area (Å²) in [5, 5.41) is 0. The Balaban J connectivity index is 3.30. The Morgan fingerprint density at radius 2 is 2.23 bits per heavy atom. The highest BCUT2D eigenvalue weighted by Crippen LogP contribution is 2.36. The summed E-state index contributed by atoms with van der Waals surface area (Å²) in [5.74, 6) is 0.315. The molecule has 6 heteroatoms. The zero-order chi connectivity index (χ0) is 10.0. The molecule has 0 saturated carbocycles. The second-order valence-electron chi connectivity index (χ2n) is 2.15. The van der Waals surface area contributed by atoms with Crippen molar-refractivity contribution in [3.05, 3.63) is 19.9 Å².